The van der Waals surface area contributed by atoms with Crippen molar-refractivity contribution >= 4 is 0 Å². The van der Waals surface area contributed by atoms with E-state index in [9.17, 15) is 0 Å². The number of hydrogen-bond acceptors (Lipinski definition) is 2. The number of nitrogens with zero attached hydrogens (tertiary/aromatic N) is 2. The maximum absolute atomic E-state index is 2.63. The summed E-state index contributed by atoms with van der Waals surface area (Å²) >= 11 is 0. The van der Waals surface area contributed by atoms with Crippen LogP contribution in [0.4, 0.5) is 0 Å². The summed E-state index contributed by atoms with van der Waals surface area (Å²) in [5.41, 5.74) is 0.957. The van der Waals surface area contributed by atoms with Crippen LogP contribution in [0.3, 0.4) is 0 Å². The number of rotatable bonds is 11. The third-order valence-electron chi connectivity index (χ3n) is 4.41. The van der Waals surface area contributed by atoms with Gasteiger partial charge < -0.3 is 9.80 Å². The quantitative estimate of drug-likeness (QED) is 0.536. The lowest BCUT2D eigenvalue weighted by Gasteiger charge is -2.29. The van der Waals surface area contributed by atoms with E-state index in [1.165, 1.54) is 58.3 Å². The molecule has 0 bridgehead atoms. The van der Waals surface area contributed by atoms with Gasteiger partial charge in [-0.15, -0.1) is 0 Å². The third kappa shape index (κ3) is 13.3. The van der Waals surface area contributed by atoms with Gasteiger partial charge in [-0.25, -0.2) is 0 Å². The molecule has 0 heterocycles. The SMILES string of the molecule is CCN(CCCC(C)(C)CCCN(C)C)CCC(C)(C)C. The third-order valence-corrected chi connectivity index (χ3v) is 4.41. The summed E-state index contributed by atoms with van der Waals surface area (Å²) in [5, 5.41) is 0. The average Bonchev–Trinajstić information content (AvgIpc) is 2.31. The van der Waals surface area contributed by atoms with Crippen LogP contribution in [0.15, 0.2) is 0 Å². The summed E-state index contributed by atoms with van der Waals surface area (Å²) in [6.45, 7) is 19.1. The highest BCUT2D eigenvalue weighted by atomic mass is 15.1. The Morgan fingerprint density at radius 1 is 0.714 bits per heavy atom. The smallest absolute Gasteiger partial charge is 0.00139 e. The Labute approximate surface area is 135 Å². The van der Waals surface area contributed by atoms with Gasteiger partial charge in [0.2, 0.25) is 0 Å². The van der Waals surface area contributed by atoms with Gasteiger partial charge in [0.05, 0.1) is 0 Å². The van der Waals surface area contributed by atoms with Crippen LogP contribution in [0.2, 0.25) is 0 Å². The van der Waals surface area contributed by atoms with Gasteiger partial charge in [-0.2, -0.15) is 0 Å². The van der Waals surface area contributed by atoms with Crippen LogP contribution < -0.4 is 0 Å². The van der Waals surface area contributed by atoms with Gasteiger partial charge >= 0.3 is 0 Å². The molecule has 0 amide bonds. The minimum Gasteiger partial charge on any atom is -0.309 e. The second-order valence-corrected chi connectivity index (χ2v) is 8.92. The summed E-state index contributed by atoms with van der Waals surface area (Å²) in [5.74, 6) is 0. The van der Waals surface area contributed by atoms with E-state index >= 15 is 0 Å². The second kappa shape index (κ2) is 9.84. The fourth-order valence-electron chi connectivity index (χ4n) is 2.70. The lowest BCUT2D eigenvalue weighted by molar-refractivity contribution is 0.210. The summed E-state index contributed by atoms with van der Waals surface area (Å²) in [6.07, 6.45) is 6.66. The van der Waals surface area contributed by atoms with Crippen molar-refractivity contribution in [1.29, 1.82) is 0 Å². The van der Waals surface area contributed by atoms with Crippen molar-refractivity contribution in [2.75, 3.05) is 40.3 Å². The summed E-state index contributed by atoms with van der Waals surface area (Å²) in [6, 6.07) is 0. The zero-order valence-electron chi connectivity index (χ0n) is 16.3. The largest absolute Gasteiger partial charge is 0.309 e. The molecule has 2 nitrogen and oxygen atoms in total. The highest BCUT2D eigenvalue weighted by Gasteiger charge is 2.18. The highest BCUT2D eigenvalue weighted by Crippen LogP contribution is 2.28. The Morgan fingerprint density at radius 3 is 1.67 bits per heavy atom. The van der Waals surface area contributed by atoms with Crippen molar-refractivity contribution in [2.45, 2.75) is 73.6 Å². The maximum atomic E-state index is 2.63. The zero-order valence-corrected chi connectivity index (χ0v) is 16.3. The minimum absolute atomic E-state index is 0.457. The van der Waals surface area contributed by atoms with Crippen LogP contribution in [0, 0.1) is 10.8 Å². The van der Waals surface area contributed by atoms with Crippen LogP contribution in [0.1, 0.15) is 73.6 Å². The van der Waals surface area contributed by atoms with E-state index in [0.717, 1.165) is 0 Å². The van der Waals surface area contributed by atoms with Gasteiger partial charge in [-0.3, -0.25) is 0 Å². The van der Waals surface area contributed by atoms with Gasteiger partial charge in [-0.05, 0) is 83.2 Å². The molecule has 21 heavy (non-hydrogen) atoms. The Morgan fingerprint density at radius 2 is 1.24 bits per heavy atom. The van der Waals surface area contributed by atoms with Gasteiger partial charge in [0.25, 0.3) is 0 Å². The van der Waals surface area contributed by atoms with Gasteiger partial charge in [-0.1, -0.05) is 41.5 Å². The molecule has 0 saturated carbocycles. The normalized spacial score (nSPS) is 13.4. The minimum atomic E-state index is 0.457. The molecular weight excluding hydrogens is 256 g/mol. The summed E-state index contributed by atoms with van der Waals surface area (Å²) in [7, 11) is 4.34. The average molecular weight is 299 g/mol. The van der Waals surface area contributed by atoms with E-state index < -0.39 is 0 Å². The standard InChI is InChI=1S/C19H42N2/c1-9-21(17-14-18(2,3)4)16-11-13-19(5,6)12-10-15-20(7)8/h9-17H2,1-8H3. The topological polar surface area (TPSA) is 6.48 Å². The highest BCUT2D eigenvalue weighted by molar-refractivity contribution is 4.71. The predicted octanol–water partition coefficient (Wildman–Crippen LogP) is 4.89. The van der Waals surface area contributed by atoms with E-state index in [4.69, 9.17) is 0 Å². The number of hydrogen-bond donors (Lipinski definition) is 0. The zero-order chi connectivity index (χ0) is 16.5. The van der Waals surface area contributed by atoms with Crippen molar-refractivity contribution in [1.82, 2.24) is 9.80 Å². The molecule has 0 aromatic heterocycles. The molecule has 0 rings (SSSR count). The molecule has 0 unspecified atom stereocenters. The Bertz CT molecular complexity index is 251. The first-order valence-electron chi connectivity index (χ1n) is 8.93. The van der Waals surface area contributed by atoms with E-state index in [0.29, 0.717) is 10.8 Å². The fraction of sp³-hybridized carbons (Fsp3) is 1.00. The Balaban J connectivity index is 3.91. The van der Waals surface area contributed by atoms with Gasteiger partial charge in [0.15, 0.2) is 0 Å². The van der Waals surface area contributed by atoms with E-state index in [-0.39, 0.29) is 0 Å². The van der Waals surface area contributed by atoms with Gasteiger partial charge in [0.1, 0.15) is 0 Å². The molecule has 0 fully saturated rings. The molecule has 0 saturated heterocycles. The van der Waals surface area contributed by atoms with Crippen molar-refractivity contribution < 1.29 is 0 Å². The molecule has 0 aliphatic rings. The van der Waals surface area contributed by atoms with Crippen LogP contribution in [-0.4, -0.2) is 50.1 Å². The molecule has 0 radical (unpaired) electrons. The van der Waals surface area contributed by atoms with Crippen molar-refractivity contribution in [2.24, 2.45) is 10.8 Å². The first-order valence-corrected chi connectivity index (χ1v) is 8.93. The monoisotopic (exact) mass is 298 g/mol. The van der Waals surface area contributed by atoms with E-state index in [1.54, 1.807) is 0 Å². The maximum Gasteiger partial charge on any atom is -0.00139 e. The molecule has 0 atom stereocenters. The lowest BCUT2D eigenvalue weighted by atomic mass is 9.83. The summed E-state index contributed by atoms with van der Waals surface area (Å²) < 4.78 is 0. The van der Waals surface area contributed by atoms with Crippen LogP contribution in [-0.2, 0) is 0 Å². The fourth-order valence-corrected chi connectivity index (χ4v) is 2.70. The van der Waals surface area contributed by atoms with Crippen molar-refractivity contribution in [3.63, 3.8) is 0 Å². The molecule has 0 aliphatic heterocycles. The molecule has 0 spiro atoms. The Hall–Kier alpha value is -0.0800. The predicted molar refractivity (Wildman–Crippen MR) is 97.0 cm³/mol. The molecule has 0 aromatic rings. The van der Waals surface area contributed by atoms with Crippen LogP contribution in [0.25, 0.3) is 0 Å². The molecule has 2 heteroatoms. The first-order chi connectivity index (χ1) is 9.56. The molecule has 128 valence electrons. The second-order valence-electron chi connectivity index (χ2n) is 8.92. The van der Waals surface area contributed by atoms with Crippen molar-refractivity contribution in [3.05, 3.63) is 0 Å². The van der Waals surface area contributed by atoms with Crippen LogP contribution in [0.5, 0.6) is 0 Å². The first kappa shape index (κ1) is 20.9. The molecule has 0 aromatic carbocycles. The van der Waals surface area contributed by atoms with Crippen LogP contribution >= 0.6 is 0 Å². The van der Waals surface area contributed by atoms with Crippen molar-refractivity contribution in [3.8, 4) is 0 Å². The van der Waals surface area contributed by atoms with E-state index in [1.807, 2.05) is 0 Å². The summed E-state index contributed by atoms with van der Waals surface area (Å²) in [4.78, 5) is 4.92. The lowest BCUT2D eigenvalue weighted by Crippen LogP contribution is -2.29. The molecule has 0 N–H and O–H groups in total. The Kier molecular flexibility index (Phi) is 9.80. The van der Waals surface area contributed by atoms with Gasteiger partial charge in [0, 0.05) is 0 Å². The molecule has 0 aliphatic carbocycles. The molecular formula is C19H42N2. The van der Waals surface area contributed by atoms with E-state index in [2.05, 4.69) is 65.4 Å².